The minimum absolute atomic E-state index is 0.106. The van der Waals surface area contributed by atoms with Crippen LogP contribution in [0, 0.1) is 5.21 Å². The summed E-state index contributed by atoms with van der Waals surface area (Å²) in [7, 11) is 0. The van der Waals surface area contributed by atoms with Crippen LogP contribution < -0.4 is 21.1 Å². The van der Waals surface area contributed by atoms with Crippen LogP contribution >= 0.6 is 0 Å². The van der Waals surface area contributed by atoms with E-state index in [1.807, 2.05) is 0 Å². The van der Waals surface area contributed by atoms with Gasteiger partial charge in [0.05, 0.1) is 0 Å². The highest BCUT2D eigenvalue weighted by atomic mass is 16.5. The van der Waals surface area contributed by atoms with Crippen LogP contribution in [0.5, 0.6) is 0 Å². The van der Waals surface area contributed by atoms with E-state index < -0.39 is 0 Å². The first-order chi connectivity index (χ1) is 6.70. The van der Waals surface area contributed by atoms with Crippen LogP contribution in [0.2, 0.25) is 0 Å². The van der Waals surface area contributed by atoms with Crippen molar-refractivity contribution in [1.29, 1.82) is 0 Å². The summed E-state index contributed by atoms with van der Waals surface area (Å²) in [5.74, 6) is 0.0323. The van der Waals surface area contributed by atoms with Crippen LogP contribution in [0.4, 0.5) is 17.5 Å². The molecule has 76 valence electrons. The first kappa shape index (κ1) is 8.86. The summed E-state index contributed by atoms with van der Waals surface area (Å²) < 4.78 is 0.466. The first-order valence-electron chi connectivity index (χ1n) is 4.58. The van der Waals surface area contributed by atoms with Gasteiger partial charge >= 0.3 is 5.95 Å². The molecule has 0 bridgehead atoms. The molecule has 0 saturated carbocycles. The van der Waals surface area contributed by atoms with E-state index in [-0.39, 0.29) is 11.8 Å². The van der Waals surface area contributed by atoms with Crippen molar-refractivity contribution < 1.29 is 4.73 Å². The standard InChI is InChI=1S/C8H13N5O/c9-7-6(12-3-1-2-4-12)5-11-8(10)13(7)14/h5H,1-4,9H2,(H2,10,11). The molecule has 0 spiro atoms. The van der Waals surface area contributed by atoms with Gasteiger partial charge in [-0.15, -0.1) is 4.98 Å². The highest BCUT2D eigenvalue weighted by Crippen LogP contribution is 2.23. The Labute approximate surface area is 81.7 Å². The first-order valence-corrected chi connectivity index (χ1v) is 4.58. The summed E-state index contributed by atoms with van der Waals surface area (Å²) >= 11 is 0. The largest absolute Gasteiger partial charge is 0.754 e. The molecule has 2 heterocycles. The second kappa shape index (κ2) is 3.21. The van der Waals surface area contributed by atoms with Gasteiger partial charge in [-0.3, -0.25) is 0 Å². The van der Waals surface area contributed by atoms with E-state index in [0.717, 1.165) is 25.9 Å². The molecule has 6 heteroatoms. The molecule has 0 amide bonds. The van der Waals surface area contributed by atoms with Crippen LogP contribution in [-0.4, -0.2) is 18.1 Å². The van der Waals surface area contributed by atoms with Crippen molar-refractivity contribution in [3.05, 3.63) is 11.4 Å². The van der Waals surface area contributed by atoms with Crippen LogP contribution in [-0.2, 0) is 0 Å². The summed E-state index contributed by atoms with van der Waals surface area (Å²) in [5.41, 5.74) is 11.7. The van der Waals surface area contributed by atoms with Gasteiger partial charge in [-0.25, -0.2) is 4.73 Å². The van der Waals surface area contributed by atoms with Gasteiger partial charge in [-0.2, -0.15) is 0 Å². The zero-order valence-corrected chi connectivity index (χ0v) is 7.81. The fraction of sp³-hybridized carbons (Fsp3) is 0.500. The van der Waals surface area contributed by atoms with Crippen molar-refractivity contribution in [3.8, 4) is 0 Å². The number of rotatable bonds is 1. The SMILES string of the molecule is Nc1ncc(N2CCCC2)c(N)[n+]1[O-]. The molecule has 1 aromatic heterocycles. The van der Waals surface area contributed by atoms with Gasteiger partial charge in [0.25, 0.3) is 0 Å². The topological polar surface area (TPSA) is 95.1 Å². The average Bonchev–Trinajstić information content (AvgIpc) is 2.67. The van der Waals surface area contributed by atoms with Crippen molar-refractivity contribution in [1.82, 2.24) is 4.98 Å². The van der Waals surface area contributed by atoms with Gasteiger partial charge in [0.2, 0.25) is 5.82 Å². The smallest absolute Gasteiger partial charge is 0.344 e. The number of nitrogens with two attached hydrogens (primary N) is 2. The Bertz CT molecular complexity index is 348. The fourth-order valence-electron chi connectivity index (χ4n) is 1.67. The fourth-order valence-corrected chi connectivity index (χ4v) is 1.67. The number of hydrogen-bond donors (Lipinski definition) is 2. The Morgan fingerprint density at radius 1 is 1.36 bits per heavy atom. The van der Waals surface area contributed by atoms with E-state index in [4.69, 9.17) is 11.5 Å². The van der Waals surface area contributed by atoms with Crippen molar-refractivity contribution >= 4 is 17.5 Å². The third-order valence-corrected chi connectivity index (χ3v) is 2.46. The molecule has 1 aliphatic rings. The molecular formula is C8H13N5O. The molecule has 14 heavy (non-hydrogen) atoms. The van der Waals surface area contributed by atoms with Gasteiger partial charge in [0, 0.05) is 13.1 Å². The molecule has 0 aromatic carbocycles. The van der Waals surface area contributed by atoms with Gasteiger partial charge in [0.1, 0.15) is 11.9 Å². The second-order valence-corrected chi connectivity index (χ2v) is 3.38. The van der Waals surface area contributed by atoms with E-state index in [2.05, 4.69) is 9.88 Å². The maximum absolute atomic E-state index is 11.3. The molecule has 0 atom stereocenters. The Balaban J connectivity index is 2.38. The van der Waals surface area contributed by atoms with Gasteiger partial charge in [-0.1, -0.05) is 0 Å². The van der Waals surface area contributed by atoms with Crippen LogP contribution in [0.1, 0.15) is 12.8 Å². The van der Waals surface area contributed by atoms with E-state index in [9.17, 15) is 5.21 Å². The molecule has 1 fully saturated rings. The van der Waals surface area contributed by atoms with Crippen LogP contribution in [0.25, 0.3) is 0 Å². The van der Waals surface area contributed by atoms with Crippen molar-refractivity contribution in [2.24, 2.45) is 0 Å². The summed E-state index contributed by atoms with van der Waals surface area (Å²) in [6, 6.07) is 0. The van der Waals surface area contributed by atoms with E-state index in [1.165, 1.54) is 0 Å². The predicted octanol–water partition coefficient (Wildman–Crippen LogP) is -0.520. The Morgan fingerprint density at radius 2 is 2.00 bits per heavy atom. The van der Waals surface area contributed by atoms with E-state index in [0.29, 0.717) is 10.4 Å². The number of aromatic nitrogens is 2. The van der Waals surface area contributed by atoms with Crippen LogP contribution in [0.15, 0.2) is 6.20 Å². The summed E-state index contributed by atoms with van der Waals surface area (Å²) in [6.45, 7) is 1.85. The minimum Gasteiger partial charge on any atom is -0.754 e. The molecular weight excluding hydrogens is 182 g/mol. The Hall–Kier alpha value is -1.72. The molecule has 0 aliphatic carbocycles. The summed E-state index contributed by atoms with van der Waals surface area (Å²) in [4.78, 5) is 5.84. The molecule has 0 unspecified atom stereocenters. The zero-order valence-electron chi connectivity index (χ0n) is 7.81. The summed E-state index contributed by atoms with van der Waals surface area (Å²) in [6.07, 6.45) is 3.82. The lowest BCUT2D eigenvalue weighted by atomic mass is 10.4. The molecule has 0 radical (unpaired) electrons. The number of anilines is 3. The van der Waals surface area contributed by atoms with Crippen molar-refractivity contribution in [3.63, 3.8) is 0 Å². The quantitative estimate of drug-likeness (QED) is 0.464. The van der Waals surface area contributed by atoms with Crippen molar-refractivity contribution in [2.75, 3.05) is 29.5 Å². The molecule has 1 aromatic rings. The third-order valence-electron chi connectivity index (χ3n) is 2.46. The maximum Gasteiger partial charge on any atom is 0.344 e. The maximum atomic E-state index is 11.3. The lowest BCUT2D eigenvalue weighted by Gasteiger charge is -2.20. The minimum atomic E-state index is -0.106. The molecule has 2 rings (SSSR count). The second-order valence-electron chi connectivity index (χ2n) is 3.38. The Morgan fingerprint density at radius 3 is 2.64 bits per heavy atom. The zero-order chi connectivity index (χ0) is 10.1. The molecule has 1 aliphatic heterocycles. The summed E-state index contributed by atoms with van der Waals surface area (Å²) in [5, 5.41) is 11.3. The lowest BCUT2D eigenvalue weighted by molar-refractivity contribution is -0.576. The van der Waals surface area contributed by atoms with E-state index >= 15 is 0 Å². The highest BCUT2D eigenvalue weighted by molar-refractivity contribution is 5.60. The number of nitrogen functional groups attached to an aromatic ring is 2. The monoisotopic (exact) mass is 195 g/mol. The third kappa shape index (κ3) is 1.28. The van der Waals surface area contributed by atoms with Gasteiger partial charge in [0.15, 0.2) is 0 Å². The number of hydrogen-bond acceptors (Lipinski definition) is 5. The number of nitrogens with zero attached hydrogens (tertiary/aromatic N) is 3. The Kier molecular flexibility index (Phi) is 2.03. The lowest BCUT2D eigenvalue weighted by Crippen LogP contribution is -2.37. The normalized spacial score (nSPS) is 16.1. The van der Waals surface area contributed by atoms with Gasteiger partial charge < -0.3 is 21.6 Å². The predicted molar refractivity (Wildman–Crippen MR) is 53.5 cm³/mol. The molecule has 6 nitrogen and oxygen atoms in total. The highest BCUT2D eigenvalue weighted by Gasteiger charge is 2.19. The van der Waals surface area contributed by atoms with Crippen molar-refractivity contribution in [2.45, 2.75) is 12.8 Å². The molecule has 1 saturated heterocycles. The van der Waals surface area contributed by atoms with E-state index in [1.54, 1.807) is 6.20 Å². The average molecular weight is 195 g/mol. The van der Waals surface area contributed by atoms with Crippen LogP contribution in [0.3, 0.4) is 0 Å². The molecule has 4 N–H and O–H groups in total. The van der Waals surface area contributed by atoms with Gasteiger partial charge in [-0.05, 0) is 12.8 Å².